The van der Waals surface area contributed by atoms with Crippen LogP contribution in [0.25, 0.3) is 0 Å². The summed E-state index contributed by atoms with van der Waals surface area (Å²) in [6.45, 7) is 2.02. The van der Waals surface area contributed by atoms with Gasteiger partial charge in [0.15, 0.2) is 0 Å². The molecule has 0 saturated heterocycles. The smallest absolute Gasteiger partial charge is 0.240 e. The van der Waals surface area contributed by atoms with Crippen LogP contribution in [-0.2, 0) is 10.0 Å². The molecule has 112 valence electrons. The molecule has 0 atom stereocenters. The highest BCUT2D eigenvalue weighted by atomic mass is 32.2. The number of aryl methyl sites for hydroxylation is 1. The molecule has 0 saturated carbocycles. The Morgan fingerprint density at radius 2 is 1.71 bits per heavy atom. The number of benzene rings is 2. The van der Waals surface area contributed by atoms with Crippen molar-refractivity contribution in [2.75, 3.05) is 24.7 Å². The summed E-state index contributed by atoms with van der Waals surface area (Å²) < 4.78 is 25.8. The van der Waals surface area contributed by atoms with Crippen LogP contribution in [0, 0.1) is 6.92 Å². The van der Waals surface area contributed by atoms with Crippen LogP contribution < -0.4 is 15.4 Å². The zero-order chi connectivity index (χ0) is 15.6. The van der Waals surface area contributed by atoms with Crippen LogP contribution in [-0.4, -0.2) is 22.5 Å². The third kappa shape index (κ3) is 3.17. The van der Waals surface area contributed by atoms with Crippen LogP contribution in [0.3, 0.4) is 0 Å². The van der Waals surface area contributed by atoms with Crippen molar-refractivity contribution in [1.82, 2.24) is 4.72 Å². The van der Waals surface area contributed by atoms with Gasteiger partial charge in [0.1, 0.15) is 0 Å². The van der Waals surface area contributed by atoms with Gasteiger partial charge in [0.25, 0.3) is 0 Å². The Labute approximate surface area is 125 Å². The molecule has 2 aromatic rings. The lowest BCUT2D eigenvalue weighted by Crippen LogP contribution is -2.19. The van der Waals surface area contributed by atoms with E-state index in [0.717, 1.165) is 11.4 Å². The first kappa shape index (κ1) is 15.3. The molecule has 0 heterocycles. The van der Waals surface area contributed by atoms with Gasteiger partial charge in [0.2, 0.25) is 10.0 Å². The van der Waals surface area contributed by atoms with Crippen molar-refractivity contribution in [3.05, 3.63) is 48.0 Å². The molecule has 2 aromatic carbocycles. The number of nitrogens with zero attached hydrogens (tertiary/aromatic N) is 1. The molecule has 0 aliphatic heterocycles. The van der Waals surface area contributed by atoms with Crippen LogP contribution in [0.15, 0.2) is 47.4 Å². The molecule has 0 aliphatic carbocycles. The van der Waals surface area contributed by atoms with Gasteiger partial charge in [-0.25, -0.2) is 13.1 Å². The predicted octanol–water partition coefficient (Wildman–Crippen LogP) is 2.25. The zero-order valence-electron chi connectivity index (χ0n) is 12.3. The van der Waals surface area contributed by atoms with Gasteiger partial charge in [-0.2, -0.15) is 0 Å². The summed E-state index contributed by atoms with van der Waals surface area (Å²) in [7, 11) is -0.218. The molecule has 3 N–H and O–H groups in total. The monoisotopic (exact) mass is 305 g/mol. The largest absolute Gasteiger partial charge is 0.397 e. The zero-order valence-corrected chi connectivity index (χ0v) is 13.1. The number of nitrogen functional groups attached to an aromatic ring is 1. The SMILES string of the molecule is CNS(=O)(=O)c1ccc(N(C)c2ccc(C)cc2)c(N)c1. The van der Waals surface area contributed by atoms with E-state index in [0.29, 0.717) is 5.69 Å². The van der Waals surface area contributed by atoms with Gasteiger partial charge < -0.3 is 10.6 Å². The highest BCUT2D eigenvalue weighted by molar-refractivity contribution is 7.89. The van der Waals surface area contributed by atoms with Crippen molar-refractivity contribution in [2.24, 2.45) is 0 Å². The van der Waals surface area contributed by atoms with E-state index in [9.17, 15) is 8.42 Å². The number of hydrogen-bond donors (Lipinski definition) is 2. The maximum atomic E-state index is 11.8. The molecular weight excluding hydrogens is 286 g/mol. The lowest BCUT2D eigenvalue weighted by atomic mass is 10.2. The van der Waals surface area contributed by atoms with Crippen molar-refractivity contribution in [2.45, 2.75) is 11.8 Å². The van der Waals surface area contributed by atoms with Gasteiger partial charge in [-0.05, 0) is 44.3 Å². The lowest BCUT2D eigenvalue weighted by molar-refractivity contribution is 0.588. The first-order valence-electron chi connectivity index (χ1n) is 6.48. The second kappa shape index (κ2) is 5.75. The number of anilines is 3. The molecule has 21 heavy (non-hydrogen) atoms. The molecule has 0 fully saturated rings. The summed E-state index contributed by atoms with van der Waals surface area (Å²) >= 11 is 0. The van der Waals surface area contributed by atoms with Crippen molar-refractivity contribution in [3.8, 4) is 0 Å². The highest BCUT2D eigenvalue weighted by Gasteiger charge is 2.15. The topological polar surface area (TPSA) is 75.4 Å². The van der Waals surface area contributed by atoms with Gasteiger partial charge in [0.05, 0.1) is 16.3 Å². The average Bonchev–Trinajstić information content (AvgIpc) is 2.47. The van der Waals surface area contributed by atoms with E-state index in [1.807, 2.05) is 43.1 Å². The Balaban J connectivity index is 2.39. The van der Waals surface area contributed by atoms with Crippen LogP contribution in [0.5, 0.6) is 0 Å². The molecular formula is C15H19N3O2S. The first-order chi connectivity index (χ1) is 9.85. The van der Waals surface area contributed by atoms with Crippen LogP contribution >= 0.6 is 0 Å². The minimum Gasteiger partial charge on any atom is -0.397 e. The van der Waals surface area contributed by atoms with Crippen molar-refractivity contribution >= 4 is 27.1 Å². The standard InChI is InChI=1S/C15H19N3O2S/c1-11-4-6-12(7-5-11)18(3)15-9-8-13(10-14(15)16)21(19,20)17-2/h4-10,17H,16H2,1-3H3. The number of nitrogens with one attached hydrogen (secondary N) is 1. The summed E-state index contributed by atoms with van der Waals surface area (Å²) in [4.78, 5) is 2.08. The minimum atomic E-state index is -3.48. The molecule has 0 radical (unpaired) electrons. The molecule has 0 aromatic heterocycles. The van der Waals surface area contributed by atoms with Crippen molar-refractivity contribution in [3.63, 3.8) is 0 Å². The van der Waals surface area contributed by atoms with Crippen molar-refractivity contribution < 1.29 is 8.42 Å². The van der Waals surface area contributed by atoms with Gasteiger partial charge in [0, 0.05) is 12.7 Å². The molecule has 0 aliphatic rings. The second-order valence-corrected chi connectivity index (χ2v) is 6.71. The van der Waals surface area contributed by atoms with E-state index in [1.165, 1.54) is 18.7 Å². The normalized spacial score (nSPS) is 11.4. The fourth-order valence-corrected chi connectivity index (χ4v) is 2.80. The summed E-state index contributed by atoms with van der Waals surface area (Å²) in [5.41, 5.74) is 9.34. The summed E-state index contributed by atoms with van der Waals surface area (Å²) in [5.74, 6) is 0. The summed E-state index contributed by atoms with van der Waals surface area (Å²) in [5, 5.41) is 0. The van der Waals surface area contributed by atoms with Gasteiger partial charge in [-0.3, -0.25) is 0 Å². The molecule has 6 heteroatoms. The third-order valence-corrected chi connectivity index (χ3v) is 4.77. The van der Waals surface area contributed by atoms with Crippen LogP contribution in [0.1, 0.15) is 5.56 Å². The summed E-state index contributed by atoms with van der Waals surface area (Å²) in [6.07, 6.45) is 0. The lowest BCUT2D eigenvalue weighted by Gasteiger charge is -2.22. The average molecular weight is 305 g/mol. The fraction of sp³-hybridized carbons (Fsp3) is 0.200. The van der Waals surface area contributed by atoms with Gasteiger partial charge in [-0.15, -0.1) is 0 Å². The Kier molecular flexibility index (Phi) is 4.20. The maximum absolute atomic E-state index is 11.8. The first-order valence-corrected chi connectivity index (χ1v) is 7.97. The Bertz CT molecular complexity index is 740. The third-order valence-electron chi connectivity index (χ3n) is 3.36. The number of nitrogens with two attached hydrogens (primary N) is 1. The predicted molar refractivity (Wildman–Crippen MR) is 86.3 cm³/mol. The number of hydrogen-bond acceptors (Lipinski definition) is 4. The van der Waals surface area contributed by atoms with Crippen molar-refractivity contribution in [1.29, 1.82) is 0 Å². The van der Waals surface area contributed by atoms with E-state index >= 15 is 0 Å². The van der Waals surface area contributed by atoms with Crippen LogP contribution in [0.2, 0.25) is 0 Å². The van der Waals surface area contributed by atoms with Gasteiger partial charge in [-0.1, -0.05) is 17.7 Å². The molecule has 0 amide bonds. The fourth-order valence-electron chi connectivity index (χ4n) is 2.03. The van der Waals surface area contributed by atoms with Crippen LogP contribution in [0.4, 0.5) is 17.1 Å². The van der Waals surface area contributed by atoms with E-state index in [-0.39, 0.29) is 4.90 Å². The minimum absolute atomic E-state index is 0.156. The molecule has 0 spiro atoms. The van der Waals surface area contributed by atoms with Gasteiger partial charge >= 0.3 is 0 Å². The molecule has 0 unspecified atom stereocenters. The number of sulfonamides is 1. The number of rotatable bonds is 4. The van der Waals surface area contributed by atoms with E-state index < -0.39 is 10.0 Å². The van der Waals surface area contributed by atoms with E-state index in [2.05, 4.69) is 4.72 Å². The Morgan fingerprint density at radius 3 is 2.24 bits per heavy atom. The molecule has 0 bridgehead atoms. The second-order valence-electron chi connectivity index (χ2n) is 4.82. The quantitative estimate of drug-likeness (QED) is 0.850. The highest BCUT2D eigenvalue weighted by Crippen LogP contribution is 2.30. The van der Waals surface area contributed by atoms with E-state index in [4.69, 9.17) is 5.73 Å². The molecule has 5 nitrogen and oxygen atoms in total. The Hall–Kier alpha value is -2.05. The maximum Gasteiger partial charge on any atom is 0.240 e. The van der Waals surface area contributed by atoms with E-state index in [1.54, 1.807) is 12.1 Å². The Morgan fingerprint density at radius 1 is 1.10 bits per heavy atom. The molecule has 2 rings (SSSR count). The summed E-state index contributed by atoms with van der Waals surface area (Å²) in [6, 6.07) is 12.7.